The zero-order valence-corrected chi connectivity index (χ0v) is 11.9. The molecule has 3 fully saturated rings. The Kier molecular flexibility index (Phi) is 3.41. The Balaban J connectivity index is 1.78. The number of fused-ring (bicyclic) bond motifs is 2. The third kappa shape index (κ3) is 2.00. The maximum absolute atomic E-state index is 6.23. The molecule has 5 unspecified atom stereocenters. The van der Waals surface area contributed by atoms with Crippen molar-refractivity contribution < 1.29 is 4.74 Å². The van der Waals surface area contributed by atoms with Gasteiger partial charge < -0.3 is 10.5 Å². The standard InChI is InChI=1S/C15H28N2O/c1-11-5-6-15(10-16,12(2)7-11)17-8-13-3-4-14(9-17)18-13/h11-14H,3-10,16H2,1-2H3. The summed E-state index contributed by atoms with van der Waals surface area (Å²) in [5, 5.41) is 0. The zero-order chi connectivity index (χ0) is 12.8. The van der Waals surface area contributed by atoms with Gasteiger partial charge in [0.05, 0.1) is 12.2 Å². The van der Waals surface area contributed by atoms with Gasteiger partial charge in [-0.3, -0.25) is 4.90 Å². The lowest BCUT2D eigenvalue weighted by molar-refractivity contribution is -0.103. The minimum atomic E-state index is 0.261. The Hall–Kier alpha value is -0.120. The van der Waals surface area contributed by atoms with Crippen molar-refractivity contribution in [1.29, 1.82) is 0 Å². The highest BCUT2D eigenvalue weighted by atomic mass is 16.5. The first-order valence-corrected chi connectivity index (χ1v) is 7.74. The van der Waals surface area contributed by atoms with Gasteiger partial charge in [0.1, 0.15) is 0 Å². The van der Waals surface area contributed by atoms with Gasteiger partial charge in [0.2, 0.25) is 0 Å². The monoisotopic (exact) mass is 252 g/mol. The minimum Gasteiger partial charge on any atom is -0.372 e. The molecule has 0 radical (unpaired) electrons. The predicted molar refractivity (Wildman–Crippen MR) is 73.4 cm³/mol. The smallest absolute Gasteiger partial charge is 0.0707 e. The second kappa shape index (κ2) is 4.77. The Bertz CT molecular complexity index is 297. The van der Waals surface area contributed by atoms with Crippen LogP contribution in [0.4, 0.5) is 0 Å². The molecule has 1 saturated carbocycles. The molecule has 104 valence electrons. The van der Waals surface area contributed by atoms with E-state index in [1.165, 1.54) is 32.1 Å². The number of morpholine rings is 1. The fourth-order valence-corrected chi connectivity index (χ4v) is 4.56. The molecule has 18 heavy (non-hydrogen) atoms. The van der Waals surface area contributed by atoms with Crippen LogP contribution in [0.5, 0.6) is 0 Å². The molecule has 3 aliphatic rings. The highest BCUT2D eigenvalue weighted by Crippen LogP contribution is 2.42. The van der Waals surface area contributed by atoms with Crippen LogP contribution in [0.2, 0.25) is 0 Å². The molecule has 2 heterocycles. The van der Waals surface area contributed by atoms with Gasteiger partial charge in [-0.05, 0) is 43.9 Å². The van der Waals surface area contributed by atoms with E-state index in [0.717, 1.165) is 31.5 Å². The molecule has 2 bridgehead atoms. The zero-order valence-electron chi connectivity index (χ0n) is 11.9. The van der Waals surface area contributed by atoms with E-state index in [2.05, 4.69) is 18.7 Å². The van der Waals surface area contributed by atoms with E-state index in [0.29, 0.717) is 12.2 Å². The van der Waals surface area contributed by atoms with Gasteiger partial charge in [0.15, 0.2) is 0 Å². The normalized spacial score (nSPS) is 49.5. The quantitative estimate of drug-likeness (QED) is 0.817. The lowest BCUT2D eigenvalue weighted by Crippen LogP contribution is -2.64. The molecule has 3 heteroatoms. The van der Waals surface area contributed by atoms with Gasteiger partial charge in [-0.1, -0.05) is 13.8 Å². The summed E-state index contributed by atoms with van der Waals surface area (Å²) in [4.78, 5) is 2.70. The van der Waals surface area contributed by atoms with Crippen molar-refractivity contribution in [2.75, 3.05) is 19.6 Å². The average molecular weight is 252 g/mol. The molecule has 5 atom stereocenters. The molecule has 2 aliphatic heterocycles. The Morgan fingerprint density at radius 2 is 1.83 bits per heavy atom. The van der Waals surface area contributed by atoms with E-state index in [1.807, 2.05) is 0 Å². The summed E-state index contributed by atoms with van der Waals surface area (Å²) in [5.41, 5.74) is 6.49. The second-order valence-corrected chi connectivity index (χ2v) is 6.95. The molecular weight excluding hydrogens is 224 g/mol. The van der Waals surface area contributed by atoms with Crippen molar-refractivity contribution >= 4 is 0 Å². The summed E-state index contributed by atoms with van der Waals surface area (Å²) in [7, 11) is 0. The maximum Gasteiger partial charge on any atom is 0.0707 e. The number of nitrogens with two attached hydrogens (primary N) is 1. The van der Waals surface area contributed by atoms with Crippen molar-refractivity contribution in [2.24, 2.45) is 17.6 Å². The van der Waals surface area contributed by atoms with E-state index < -0.39 is 0 Å². The fourth-order valence-electron chi connectivity index (χ4n) is 4.56. The van der Waals surface area contributed by atoms with Gasteiger partial charge in [-0.2, -0.15) is 0 Å². The summed E-state index contributed by atoms with van der Waals surface area (Å²) in [5.74, 6) is 1.60. The fraction of sp³-hybridized carbons (Fsp3) is 1.00. The van der Waals surface area contributed by atoms with Crippen LogP contribution in [0.25, 0.3) is 0 Å². The third-order valence-corrected chi connectivity index (χ3v) is 5.77. The first-order chi connectivity index (χ1) is 8.64. The molecule has 0 aromatic heterocycles. The minimum absolute atomic E-state index is 0.261. The number of ether oxygens (including phenoxy) is 1. The summed E-state index contributed by atoms with van der Waals surface area (Å²) < 4.78 is 5.98. The van der Waals surface area contributed by atoms with Gasteiger partial charge in [-0.15, -0.1) is 0 Å². The summed E-state index contributed by atoms with van der Waals surface area (Å²) in [6, 6.07) is 0. The molecule has 0 aromatic carbocycles. The lowest BCUT2D eigenvalue weighted by Gasteiger charge is -2.53. The van der Waals surface area contributed by atoms with Gasteiger partial charge >= 0.3 is 0 Å². The Labute approximate surface area is 111 Å². The molecule has 3 nitrogen and oxygen atoms in total. The van der Waals surface area contributed by atoms with Crippen LogP contribution in [-0.2, 0) is 4.74 Å². The van der Waals surface area contributed by atoms with Crippen molar-refractivity contribution in [1.82, 2.24) is 4.90 Å². The highest BCUT2D eigenvalue weighted by Gasteiger charge is 2.48. The summed E-state index contributed by atoms with van der Waals surface area (Å²) in [6.07, 6.45) is 7.44. The van der Waals surface area contributed by atoms with E-state index in [-0.39, 0.29) is 5.54 Å². The number of nitrogens with zero attached hydrogens (tertiary/aromatic N) is 1. The number of hydrogen-bond donors (Lipinski definition) is 1. The number of hydrogen-bond acceptors (Lipinski definition) is 3. The molecule has 0 amide bonds. The van der Waals surface area contributed by atoms with Crippen LogP contribution in [0.1, 0.15) is 46.0 Å². The lowest BCUT2D eigenvalue weighted by atomic mass is 9.68. The molecule has 0 aromatic rings. The Morgan fingerprint density at radius 1 is 1.17 bits per heavy atom. The molecule has 0 spiro atoms. The SMILES string of the molecule is CC1CCC(CN)(N2CC3CCC(C2)O3)C(C)C1. The molecule has 2 saturated heterocycles. The summed E-state index contributed by atoms with van der Waals surface area (Å²) >= 11 is 0. The van der Waals surface area contributed by atoms with E-state index in [4.69, 9.17) is 10.5 Å². The van der Waals surface area contributed by atoms with Crippen LogP contribution < -0.4 is 5.73 Å². The van der Waals surface area contributed by atoms with Crippen molar-refractivity contribution in [3.05, 3.63) is 0 Å². The van der Waals surface area contributed by atoms with Crippen LogP contribution in [0, 0.1) is 11.8 Å². The maximum atomic E-state index is 6.23. The van der Waals surface area contributed by atoms with E-state index in [9.17, 15) is 0 Å². The predicted octanol–water partition coefficient (Wildman–Crippen LogP) is 2.00. The van der Waals surface area contributed by atoms with E-state index in [1.54, 1.807) is 0 Å². The van der Waals surface area contributed by atoms with Crippen LogP contribution >= 0.6 is 0 Å². The number of rotatable bonds is 2. The number of likely N-dealkylation sites (tertiary alicyclic amines) is 1. The first-order valence-electron chi connectivity index (χ1n) is 7.74. The van der Waals surface area contributed by atoms with Crippen LogP contribution in [0.15, 0.2) is 0 Å². The van der Waals surface area contributed by atoms with Crippen molar-refractivity contribution in [2.45, 2.75) is 63.7 Å². The Morgan fingerprint density at radius 3 is 2.39 bits per heavy atom. The molecule has 1 aliphatic carbocycles. The van der Waals surface area contributed by atoms with Gasteiger partial charge in [0, 0.05) is 25.2 Å². The van der Waals surface area contributed by atoms with Crippen LogP contribution in [0.3, 0.4) is 0 Å². The third-order valence-electron chi connectivity index (χ3n) is 5.77. The average Bonchev–Trinajstić information content (AvgIpc) is 2.69. The van der Waals surface area contributed by atoms with Gasteiger partial charge in [-0.25, -0.2) is 0 Å². The largest absolute Gasteiger partial charge is 0.372 e. The topological polar surface area (TPSA) is 38.5 Å². The summed E-state index contributed by atoms with van der Waals surface area (Å²) in [6.45, 7) is 7.86. The second-order valence-electron chi connectivity index (χ2n) is 6.95. The molecule has 2 N–H and O–H groups in total. The van der Waals surface area contributed by atoms with Crippen molar-refractivity contribution in [3.8, 4) is 0 Å². The van der Waals surface area contributed by atoms with Crippen molar-refractivity contribution in [3.63, 3.8) is 0 Å². The van der Waals surface area contributed by atoms with Gasteiger partial charge in [0.25, 0.3) is 0 Å². The van der Waals surface area contributed by atoms with E-state index >= 15 is 0 Å². The molecule has 3 rings (SSSR count). The first kappa shape index (κ1) is 12.9. The highest BCUT2D eigenvalue weighted by molar-refractivity contribution is 5.03. The van der Waals surface area contributed by atoms with Crippen LogP contribution in [-0.4, -0.2) is 42.3 Å². The molecular formula is C15H28N2O.